The molecule has 118 valence electrons. The number of nitrogens with one attached hydrogen (secondary N) is 1. The Morgan fingerprint density at radius 2 is 1.73 bits per heavy atom. The normalized spacial score (nSPS) is 12.0. The van der Waals surface area contributed by atoms with Crippen LogP contribution in [0.5, 0.6) is 11.5 Å². The molecule has 0 spiro atoms. The van der Waals surface area contributed by atoms with Crippen LogP contribution >= 0.6 is 0 Å². The van der Waals surface area contributed by atoms with E-state index < -0.39 is 0 Å². The number of benzene rings is 2. The molecule has 0 fully saturated rings. The van der Waals surface area contributed by atoms with Gasteiger partial charge in [-0.1, -0.05) is 36.4 Å². The molecule has 0 heterocycles. The fourth-order valence-corrected chi connectivity index (χ4v) is 2.43. The van der Waals surface area contributed by atoms with Crippen molar-refractivity contribution in [3.8, 4) is 11.5 Å². The molecule has 2 aromatic carbocycles. The molecule has 2 aromatic rings. The summed E-state index contributed by atoms with van der Waals surface area (Å²) in [6, 6.07) is 16.2. The van der Waals surface area contributed by atoms with E-state index >= 15 is 0 Å². The highest BCUT2D eigenvalue weighted by atomic mass is 16.5. The van der Waals surface area contributed by atoms with Crippen LogP contribution in [0.25, 0.3) is 0 Å². The second kappa shape index (κ2) is 8.41. The lowest BCUT2D eigenvalue weighted by atomic mass is 10.0. The quantitative estimate of drug-likeness (QED) is 0.787. The van der Waals surface area contributed by atoms with Gasteiger partial charge in [0.15, 0.2) is 11.5 Å². The first-order chi connectivity index (χ1) is 10.8. The van der Waals surface area contributed by atoms with Crippen molar-refractivity contribution in [3.63, 3.8) is 0 Å². The molecule has 0 aliphatic heterocycles. The molecule has 2 rings (SSSR count). The molecule has 2 N–H and O–H groups in total. The Balaban J connectivity index is 2.06. The summed E-state index contributed by atoms with van der Waals surface area (Å²) >= 11 is 0. The van der Waals surface area contributed by atoms with Crippen LogP contribution in [0.2, 0.25) is 0 Å². The number of hydrogen-bond donors (Lipinski definition) is 2. The molecule has 0 saturated carbocycles. The van der Waals surface area contributed by atoms with Crippen LogP contribution in [0.4, 0.5) is 0 Å². The minimum Gasteiger partial charge on any atom is -0.493 e. The Labute approximate surface area is 131 Å². The van der Waals surface area contributed by atoms with Crippen LogP contribution in [0, 0.1) is 0 Å². The molecule has 0 aliphatic carbocycles. The molecule has 0 radical (unpaired) electrons. The van der Waals surface area contributed by atoms with Crippen LogP contribution in [0.3, 0.4) is 0 Å². The van der Waals surface area contributed by atoms with Gasteiger partial charge in [-0.2, -0.15) is 0 Å². The Hall–Kier alpha value is -2.04. The first-order valence-corrected chi connectivity index (χ1v) is 7.38. The summed E-state index contributed by atoms with van der Waals surface area (Å²) in [5.74, 6) is 1.45. The van der Waals surface area contributed by atoms with E-state index in [0.29, 0.717) is 13.0 Å². The largest absolute Gasteiger partial charge is 0.493 e. The maximum Gasteiger partial charge on any atom is 0.161 e. The molecular formula is C18H23NO3. The van der Waals surface area contributed by atoms with Gasteiger partial charge >= 0.3 is 0 Å². The maximum atomic E-state index is 9.27. The maximum absolute atomic E-state index is 9.27. The lowest BCUT2D eigenvalue weighted by molar-refractivity contribution is 0.265. The minimum atomic E-state index is 0.124. The molecule has 4 nitrogen and oxygen atoms in total. The van der Waals surface area contributed by atoms with Crippen LogP contribution in [-0.2, 0) is 6.54 Å². The zero-order valence-corrected chi connectivity index (χ0v) is 13.1. The third-order valence-electron chi connectivity index (χ3n) is 3.62. The van der Waals surface area contributed by atoms with E-state index in [2.05, 4.69) is 17.4 Å². The topological polar surface area (TPSA) is 50.7 Å². The highest BCUT2D eigenvalue weighted by molar-refractivity contribution is 5.42. The molecule has 0 amide bonds. The van der Waals surface area contributed by atoms with Gasteiger partial charge in [0.1, 0.15) is 0 Å². The van der Waals surface area contributed by atoms with Gasteiger partial charge in [0.25, 0.3) is 0 Å². The van der Waals surface area contributed by atoms with Gasteiger partial charge in [-0.05, 0) is 29.7 Å². The second-order valence-corrected chi connectivity index (χ2v) is 5.05. The second-order valence-electron chi connectivity index (χ2n) is 5.05. The van der Waals surface area contributed by atoms with Crippen LogP contribution in [0.1, 0.15) is 23.6 Å². The summed E-state index contributed by atoms with van der Waals surface area (Å²) in [5, 5.41) is 12.8. The van der Waals surface area contributed by atoms with E-state index in [-0.39, 0.29) is 12.6 Å². The number of rotatable bonds is 8. The lowest BCUT2D eigenvalue weighted by Gasteiger charge is -2.19. The number of aliphatic hydroxyl groups is 1. The number of ether oxygens (including phenoxy) is 2. The van der Waals surface area contributed by atoms with Crippen LogP contribution in [-0.4, -0.2) is 25.9 Å². The van der Waals surface area contributed by atoms with Crippen molar-refractivity contribution in [2.45, 2.75) is 19.0 Å². The molecule has 0 bridgehead atoms. The summed E-state index contributed by atoms with van der Waals surface area (Å²) in [7, 11) is 3.26. The standard InChI is InChI=1S/C18H23NO3/c1-21-17-9-8-14(12-18(17)22-2)13-19-16(10-11-20)15-6-4-3-5-7-15/h3-9,12,16,19-20H,10-11,13H2,1-2H3/t16-/m1/s1. The Morgan fingerprint density at radius 1 is 1.00 bits per heavy atom. The van der Waals surface area contributed by atoms with Crippen molar-refractivity contribution in [1.82, 2.24) is 5.32 Å². The first kappa shape index (κ1) is 16.3. The predicted molar refractivity (Wildman–Crippen MR) is 87.3 cm³/mol. The molecular weight excluding hydrogens is 278 g/mol. The van der Waals surface area contributed by atoms with Gasteiger partial charge in [-0.25, -0.2) is 0 Å². The Morgan fingerprint density at radius 3 is 2.36 bits per heavy atom. The Bertz CT molecular complexity index is 572. The summed E-state index contributed by atoms with van der Waals surface area (Å²) in [6.07, 6.45) is 0.678. The average Bonchev–Trinajstić information content (AvgIpc) is 2.59. The highest BCUT2D eigenvalue weighted by Crippen LogP contribution is 2.28. The monoisotopic (exact) mass is 301 g/mol. The van der Waals surface area contributed by atoms with Gasteiger partial charge in [0, 0.05) is 19.2 Å². The predicted octanol–water partition coefficient (Wildman–Crippen LogP) is 2.92. The Kier molecular flexibility index (Phi) is 6.25. The third kappa shape index (κ3) is 4.23. The summed E-state index contributed by atoms with van der Waals surface area (Å²) < 4.78 is 10.6. The van der Waals surface area contributed by atoms with E-state index in [9.17, 15) is 5.11 Å². The zero-order chi connectivity index (χ0) is 15.8. The summed E-state index contributed by atoms with van der Waals surface area (Å²) in [4.78, 5) is 0. The van der Waals surface area contributed by atoms with Crippen LogP contribution < -0.4 is 14.8 Å². The van der Waals surface area contributed by atoms with Gasteiger partial charge < -0.3 is 19.9 Å². The molecule has 0 aliphatic rings. The van der Waals surface area contributed by atoms with Gasteiger partial charge in [0.05, 0.1) is 14.2 Å². The van der Waals surface area contributed by atoms with Crippen molar-refractivity contribution in [1.29, 1.82) is 0 Å². The van der Waals surface area contributed by atoms with Gasteiger partial charge in [-0.15, -0.1) is 0 Å². The molecule has 0 unspecified atom stereocenters. The highest BCUT2D eigenvalue weighted by Gasteiger charge is 2.11. The van der Waals surface area contributed by atoms with Crippen molar-refractivity contribution in [3.05, 3.63) is 59.7 Å². The fourth-order valence-electron chi connectivity index (χ4n) is 2.43. The van der Waals surface area contributed by atoms with Gasteiger partial charge in [-0.3, -0.25) is 0 Å². The van der Waals surface area contributed by atoms with E-state index in [1.165, 1.54) is 5.56 Å². The van der Waals surface area contributed by atoms with Crippen LogP contribution in [0.15, 0.2) is 48.5 Å². The minimum absolute atomic E-state index is 0.124. The lowest BCUT2D eigenvalue weighted by Crippen LogP contribution is -2.22. The number of hydrogen-bond acceptors (Lipinski definition) is 4. The average molecular weight is 301 g/mol. The van der Waals surface area contributed by atoms with E-state index in [1.807, 2.05) is 36.4 Å². The molecule has 0 aromatic heterocycles. The van der Waals surface area contributed by atoms with Crippen molar-refractivity contribution in [2.24, 2.45) is 0 Å². The van der Waals surface area contributed by atoms with E-state index in [1.54, 1.807) is 14.2 Å². The first-order valence-electron chi connectivity index (χ1n) is 7.38. The SMILES string of the molecule is COc1ccc(CN[C@H](CCO)c2ccccc2)cc1OC. The molecule has 22 heavy (non-hydrogen) atoms. The molecule has 1 atom stereocenters. The zero-order valence-electron chi connectivity index (χ0n) is 13.1. The van der Waals surface area contributed by atoms with Crippen molar-refractivity contribution < 1.29 is 14.6 Å². The number of aliphatic hydroxyl groups excluding tert-OH is 1. The summed E-state index contributed by atoms with van der Waals surface area (Å²) in [6.45, 7) is 0.846. The molecule has 4 heteroatoms. The number of methoxy groups -OCH3 is 2. The third-order valence-corrected chi connectivity index (χ3v) is 3.62. The van der Waals surface area contributed by atoms with E-state index in [4.69, 9.17) is 9.47 Å². The molecule has 0 saturated heterocycles. The van der Waals surface area contributed by atoms with E-state index in [0.717, 1.165) is 17.1 Å². The van der Waals surface area contributed by atoms with Crippen molar-refractivity contribution >= 4 is 0 Å². The smallest absolute Gasteiger partial charge is 0.161 e. The fraction of sp³-hybridized carbons (Fsp3) is 0.333. The van der Waals surface area contributed by atoms with Gasteiger partial charge in [0.2, 0.25) is 0 Å². The summed E-state index contributed by atoms with van der Waals surface area (Å²) in [5.41, 5.74) is 2.29. The van der Waals surface area contributed by atoms with Crippen molar-refractivity contribution in [2.75, 3.05) is 20.8 Å².